The molecule has 0 radical (unpaired) electrons. The Morgan fingerprint density at radius 2 is 2.08 bits per heavy atom. The van der Waals surface area contributed by atoms with Crippen LogP contribution >= 0.6 is 0 Å². The fourth-order valence-corrected chi connectivity index (χ4v) is 4.00. The van der Waals surface area contributed by atoms with Gasteiger partial charge < -0.3 is 24.6 Å². The first-order chi connectivity index (χ1) is 12.6. The van der Waals surface area contributed by atoms with Gasteiger partial charge in [-0.25, -0.2) is 14.8 Å². The lowest BCUT2D eigenvalue weighted by atomic mass is 9.80. The molecule has 1 aromatic rings. The third kappa shape index (κ3) is 3.23. The van der Waals surface area contributed by atoms with Crippen LogP contribution < -0.4 is 10.2 Å². The van der Waals surface area contributed by atoms with Gasteiger partial charge in [-0.1, -0.05) is 0 Å². The number of carbonyl (C=O) groups excluding carboxylic acids is 1. The van der Waals surface area contributed by atoms with E-state index in [-0.39, 0.29) is 17.5 Å². The molecule has 1 spiro atoms. The number of fused-ring (bicyclic) bond motifs is 2. The standard InChI is InChI=1S/C18H27N5O3/c1-13(2)20-17(24)23-4-3-18(11-23)12-26-10-14-9-19-16(21-15(14)18)22-5-7-25-8-6-22/h9,13H,3-8,10-12H2,1-2H3,(H,20,24). The molecule has 8 nitrogen and oxygen atoms in total. The summed E-state index contributed by atoms with van der Waals surface area (Å²) in [6.45, 7) is 9.49. The average molecular weight is 361 g/mol. The zero-order valence-electron chi connectivity index (χ0n) is 15.5. The van der Waals surface area contributed by atoms with Crippen LogP contribution in [0.4, 0.5) is 10.7 Å². The van der Waals surface area contributed by atoms with Crippen LogP contribution in [0.1, 0.15) is 31.5 Å². The van der Waals surface area contributed by atoms with Gasteiger partial charge in [-0.05, 0) is 20.3 Å². The fraction of sp³-hybridized carbons (Fsp3) is 0.722. The number of likely N-dealkylation sites (tertiary alicyclic amines) is 1. The van der Waals surface area contributed by atoms with Crippen molar-refractivity contribution in [2.75, 3.05) is 50.9 Å². The molecule has 1 aromatic heterocycles. The summed E-state index contributed by atoms with van der Waals surface area (Å²) in [7, 11) is 0. The second-order valence-electron chi connectivity index (χ2n) is 7.69. The van der Waals surface area contributed by atoms with Crippen LogP contribution in [0.15, 0.2) is 6.20 Å². The number of ether oxygens (including phenoxy) is 2. The number of anilines is 1. The zero-order valence-corrected chi connectivity index (χ0v) is 15.5. The Kier molecular flexibility index (Phi) is 4.71. The minimum Gasteiger partial charge on any atom is -0.378 e. The summed E-state index contributed by atoms with van der Waals surface area (Å²) in [6, 6.07) is 0.121. The molecule has 0 aliphatic carbocycles. The summed E-state index contributed by atoms with van der Waals surface area (Å²) in [6.07, 6.45) is 2.76. The molecule has 26 heavy (non-hydrogen) atoms. The Morgan fingerprint density at radius 1 is 1.27 bits per heavy atom. The molecule has 2 fully saturated rings. The molecular formula is C18H27N5O3. The third-order valence-electron chi connectivity index (χ3n) is 5.34. The van der Waals surface area contributed by atoms with Gasteiger partial charge in [-0.2, -0.15) is 0 Å². The number of urea groups is 1. The van der Waals surface area contributed by atoms with Crippen LogP contribution in [0.25, 0.3) is 0 Å². The Labute approximate surface area is 153 Å². The first-order valence-electron chi connectivity index (χ1n) is 9.40. The minimum atomic E-state index is -0.230. The largest absolute Gasteiger partial charge is 0.378 e. The monoisotopic (exact) mass is 361 g/mol. The molecule has 8 heteroatoms. The van der Waals surface area contributed by atoms with Crippen LogP contribution in [0.5, 0.6) is 0 Å². The van der Waals surface area contributed by atoms with E-state index in [0.29, 0.717) is 33.0 Å². The number of carbonyl (C=O) groups is 1. The smallest absolute Gasteiger partial charge is 0.317 e. The number of nitrogens with zero attached hydrogens (tertiary/aromatic N) is 4. The summed E-state index contributed by atoms with van der Waals surface area (Å²) in [5.74, 6) is 0.762. The number of nitrogens with one attached hydrogen (secondary N) is 1. The topological polar surface area (TPSA) is 79.8 Å². The molecule has 3 aliphatic heterocycles. The van der Waals surface area contributed by atoms with Gasteiger partial charge in [0, 0.05) is 44.0 Å². The molecule has 142 valence electrons. The van der Waals surface area contributed by atoms with Crippen molar-refractivity contribution in [3.8, 4) is 0 Å². The van der Waals surface area contributed by atoms with Gasteiger partial charge in [-0.15, -0.1) is 0 Å². The van der Waals surface area contributed by atoms with Crippen LogP contribution in [-0.4, -0.2) is 72.9 Å². The van der Waals surface area contributed by atoms with Crippen molar-refractivity contribution in [2.24, 2.45) is 0 Å². The maximum atomic E-state index is 12.4. The van der Waals surface area contributed by atoms with E-state index in [4.69, 9.17) is 14.5 Å². The highest BCUT2D eigenvalue weighted by Gasteiger charge is 2.46. The molecule has 4 heterocycles. The zero-order chi connectivity index (χ0) is 18.1. The Hall–Kier alpha value is -1.93. The summed E-state index contributed by atoms with van der Waals surface area (Å²) in [5, 5.41) is 2.99. The van der Waals surface area contributed by atoms with Gasteiger partial charge >= 0.3 is 6.03 Å². The molecule has 0 bridgehead atoms. The number of morpholine rings is 1. The number of aromatic nitrogens is 2. The van der Waals surface area contributed by atoms with Crippen LogP contribution in [0.3, 0.4) is 0 Å². The van der Waals surface area contributed by atoms with Gasteiger partial charge in [0.15, 0.2) is 0 Å². The highest BCUT2D eigenvalue weighted by Crippen LogP contribution is 2.39. The van der Waals surface area contributed by atoms with Crippen molar-refractivity contribution < 1.29 is 14.3 Å². The van der Waals surface area contributed by atoms with Crippen LogP contribution in [-0.2, 0) is 21.5 Å². The molecule has 1 unspecified atom stereocenters. The number of hydrogen-bond acceptors (Lipinski definition) is 6. The summed E-state index contributed by atoms with van der Waals surface area (Å²) in [5.41, 5.74) is 1.87. The lowest BCUT2D eigenvalue weighted by Crippen LogP contribution is -2.46. The fourth-order valence-electron chi connectivity index (χ4n) is 4.00. The van der Waals surface area contributed by atoms with Gasteiger partial charge in [0.1, 0.15) is 0 Å². The SMILES string of the molecule is CC(C)NC(=O)N1CCC2(COCc3cnc(N4CCOCC4)nc32)C1. The van der Waals surface area contributed by atoms with Gasteiger partial charge in [0.05, 0.1) is 37.5 Å². The van der Waals surface area contributed by atoms with Crippen molar-refractivity contribution in [3.05, 3.63) is 17.5 Å². The maximum Gasteiger partial charge on any atom is 0.317 e. The van der Waals surface area contributed by atoms with E-state index >= 15 is 0 Å². The predicted molar refractivity (Wildman–Crippen MR) is 96.3 cm³/mol. The van der Waals surface area contributed by atoms with Crippen molar-refractivity contribution in [1.29, 1.82) is 0 Å². The lowest BCUT2D eigenvalue weighted by Gasteiger charge is -2.35. The quantitative estimate of drug-likeness (QED) is 0.843. The Bertz CT molecular complexity index is 677. The second-order valence-corrected chi connectivity index (χ2v) is 7.69. The lowest BCUT2D eigenvalue weighted by molar-refractivity contribution is 0.0517. The van der Waals surface area contributed by atoms with Crippen molar-refractivity contribution in [3.63, 3.8) is 0 Å². The molecule has 3 aliphatic rings. The van der Waals surface area contributed by atoms with Crippen LogP contribution in [0, 0.1) is 0 Å². The molecule has 0 aromatic carbocycles. The highest BCUT2D eigenvalue weighted by atomic mass is 16.5. The summed E-state index contributed by atoms with van der Waals surface area (Å²) in [4.78, 5) is 26.0. The van der Waals surface area contributed by atoms with Gasteiger partial charge in [0.2, 0.25) is 5.95 Å². The number of hydrogen-bond donors (Lipinski definition) is 1. The van der Waals surface area contributed by atoms with E-state index in [9.17, 15) is 4.79 Å². The molecule has 2 amide bonds. The Morgan fingerprint density at radius 3 is 2.85 bits per heavy atom. The minimum absolute atomic E-state index is 0.00791. The molecule has 2 saturated heterocycles. The first-order valence-corrected chi connectivity index (χ1v) is 9.40. The van der Waals surface area contributed by atoms with E-state index in [0.717, 1.165) is 43.3 Å². The maximum absolute atomic E-state index is 12.4. The first kappa shape index (κ1) is 17.5. The van der Waals surface area contributed by atoms with E-state index in [1.165, 1.54) is 0 Å². The van der Waals surface area contributed by atoms with Gasteiger partial charge in [0.25, 0.3) is 0 Å². The highest BCUT2D eigenvalue weighted by molar-refractivity contribution is 5.75. The Balaban J connectivity index is 1.59. The van der Waals surface area contributed by atoms with E-state index in [1.54, 1.807) is 0 Å². The van der Waals surface area contributed by atoms with E-state index in [2.05, 4.69) is 15.2 Å². The van der Waals surface area contributed by atoms with E-state index in [1.807, 2.05) is 24.9 Å². The predicted octanol–water partition coefficient (Wildman–Crippen LogP) is 0.905. The average Bonchev–Trinajstić information content (AvgIpc) is 3.07. The summed E-state index contributed by atoms with van der Waals surface area (Å²) < 4.78 is 11.3. The number of amides is 2. The third-order valence-corrected chi connectivity index (χ3v) is 5.34. The van der Waals surface area contributed by atoms with Crippen molar-refractivity contribution in [1.82, 2.24) is 20.2 Å². The van der Waals surface area contributed by atoms with E-state index < -0.39 is 0 Å². The van der Waals surface area contributed by atoms with Crippen LogP contribution in [0.2, 0.25) is 0 Å². The molecule has 1 atom stereocenters. The van der Waals surface area contributed by atoms with Crippen molar-refractivity contribution in [2.45, 2.75) is 38.3 Å². The number of rotatable bonds is 2. The molecule has 4 rings (SSSR count). The van der Waals surface area contributed by atoms with Crippen molar-refractivity contribution >= 4 is 12.0 Å². The summed E-state index contributed by atoms with van der Waals surface area (Å²) >= 11 is 0. The molecule has 1 N–H and O–H groups in total. The normalized spacial score (nSPS) is 25.7. The van der Waals surface area contributed by atoms with Gasteiger partial charge in [-0.3, -0.25) is 0 Å². The molecular weight excluding hydrogens is 334 g/mol. The molecule has 0 saturated carbocycles. The second kappa shape index (κ2) is 7.00.